The van der Waals surface area contributed by atoms with Crippen LogP contribution in [0.5, 0.6) is 5.75 Å². The van der Waals surface area contributed by atoms with Crippen LogP contribution < -0.4 is 15.4 Å². The highest BCUT2D eigenvalue weighted by Gasteiger charge is 2.18. The maximum absolute atomic E-state index is 11.2. The summed E-state index contributed by atoms with van der Waals surface area (Å²) in [7, 11) is 3.24. The molecule has 0 unspecified atom stereocenters. The lowest BCUT2D eigenvalue weighted by atomic mass is 10.0. The van der Waals surface area contributed by atoms with E-state index < -0.39 is 6.03 Å². The summed E-state index contributed by atoms with van der Waals surface area (Å²) in [5.41, 5.74) is 9.15. The van der Waals surface area contributed by atoms with E-state index in [2.05, 4.69) is 0 Å². The predicted octanol–water partition coefficient (Wildman–Crippen LogP) is 2.14. The fourth-order valence-corrected chi connectivity index (χ4v) is 1.81. The molecule has 0 aliphatic carbocycles. The molecular formula is C12H18N2O2. The molecule has 1 rings (SSSR count). The van der Waals surface area contributed by atoms with Gasteiger partial charge in [-0.1, -0.05) is 6.07 Å². The van der Waals surface area contributed by atoms with E-state index in [9.17, 15) is 4.79 Å². The lowest BCUT2D eigenvalue weighted by Crippen LogP contribution is -2.32. The van der Waals surface area contributed by atoms with Crippen LogP contribution in [0.15, 0.2) is 6.07 Å². The summed E-state index contributed by atoms with van der Waals surface area (Å²) in [6, 6.07) is 1.52. The van der Waals surface area contributed by atoms with Gasteiger partial charge in [0.15, 0.2) is 0 Å². The average Bonchev–Trinajstić information content (AvgIpc) is 2.21. The Hall–Kier alpha value is -1.71. The van der Waals surface area contributed by atoms with Crippen molar-refractivity contribution in [2.24, 2.45) is 5.73 Å². The lowest BCUT2D eigenvalue weighted by Gasteiger charge is -2.22. The van der Waals surface area contributed by atoms with Gasteiger partial charge in [0.2, 0.25) is 0 Å². The third kappa shape index (κ3) is 1.96. The topological polar surface area (TPSA) is 55.6 Å². The Morgan fingerprint density at radius 2 is 1.88 bits per heavy atom. The van der Waals surface area contributed by atoms with Crippen LogP contribution in [0, 0.1) is 20.8 Å². The molecule has 0 saturated carbocycles. The second kappa shape index (κ2) is 4.43. The SMILES string of the molecule is COc1c(C)c(C)cc(C)c1N(C)C(N)=O. The van der Waals surface area contributed by atoms with Gasteiger partial charge in [-0.05, 0) is 37.5 Å². The van der Waals surface area contributed by atoms with Crippen LogP contribution in [0.4, 0.5) is 10.5 Å². The molecule has 0 heterocycles. The minimum atomic E-state index is -0.496. The first-order valence-electron chi connectivity index (χ1n) is 5.08. The number of methoxy groups -OCH3 is 1. The summed E-state index contributed by atoms with van der Waals surface area (Å²) in [6.45, 7) is 5.91. The van der Waals surface area contributed by atoms with E-state index in [1.165, 1.54) is 4.90 Å². The molecule has 16 heavy (non-hydrogen) atoms. The number of rotatable bonds is 2. The Balaban J connectivity index is 3.48. The van der Waals surface area contributed by atoms with Crippen LogP contribution in [0.2, 0.25) is 0 Å². The number of anilines is 1. The number of nitrogens with zero attached hydrogens (tertiary/aromatic N) is 1. The fourth-order valence-electron chi connectivity index (χ4n) is 1.81. The number of aryl methyl sites for hydroxylation is 2. The predicted molar refractivity (Wildman–Crippen MR) is 65.2 cm³/mol. The zero-order valence-corrected chi connectivity index (χ0v) is 10.4. The molecule has 2 amide bonds. The smallest absolute Gasteiger partial charge is 0.319 e. The number of benzene rings is 1. The van der Waals surface area contributed by atoms with E-state index in [1.807, 2.05) is 26.8 Å². The van der Waals surface area contributed by atoms with Crippen LogP contribution in [0.1, 0.15) is 16.7 Å². The van der Waals surface area contributed by atoms with Gasteiger partial charge < -0.3 is 10.5 Å². The van der Waals surface area contributed by atoms with Crippen molar-refractivity contribution >= 4 is 11.7 Å². The molecule has 0 saturated heterocycles. The van der Waals surface area contributed by atoms with Crippen molar-refractivity contribution in [1.82, 2.24) is 0 Å². The first-order chi connectivity index (χ1) is 7.40. The van der Waals surface area contributed by atoms with E-state index >= 15 is 0 Å². The van der Waals surface area contributed by atoms with Crippen molar-refractivity contribution in [3.63, 3.8) is 0 Å². The summed E-state index contributed by atoms with van der Waals surface area (Å²) in [6.07, 6.45) is 0. The second-order valence-corrected chi connectivity index (χ2v) is 3.91. The third-order valence-electron chi connectivity index (χ3n) is 2.82. The Bertz CT molecular complexity index is 428. The Labute approximate surface area is 96.0 Å². The van der Waals surface area contributed by atoms with Crippen LogP contribution in [-0.2, 0) is 0 Å². The largest absolute Gasteiger partial charge is 0.494 e. The molecule has 88 valence electrons. The molecule has 0 aliphatic heterocycles. The quantitative estimate of drug-likeness (QED) is 0.833. The van der Waals surface area contributed by atoms with Crippen molar-refractivity contribution in [1.29, 1.82) is 0 Å². The van der Waals surface area contributed by atoms with Gasteiger partial charge in [0.1, 0.15) is 5.75 Å². The van der Waals surface area contributed by atoms with Crippen molar-refractivity contribution in [2.45, 2.75) is 20.8 Å². The van der Waals surface area contributed by atoms with Crippen LogP contribution in [0.3, 0.4) is 0 Å². The standard InChI is InChI=1S/C12H18N2O2/c1-7-6-8(2)10(14(4)12(13)15)11(16-5)9(7)3/h6H,1-5H3,(H2,13,15). The first-order valence-corrected chi connectivity index (χ1v) is 5.08. The fraction of sp³-hybridized carbons (Fsp3) is 0.417. The number of primary amides is 1. The van der Waals surface area contributed by atoms with Crippen molar-refractivity contribution in [3.05, 3.63) is 22.8 Å². The van der Waals surface area contributed by atoms with Gasteiger partial charge in [-0.2, -0.15) is 0 Å². The minimum Gasteiger partial charge on any atom is -0.494 e. The van der Waals surface area contributed by atoms with E-state index in [1.54, 1.807) is 14.2 Å². The number of hydrogen-bond acceptors (Lipinski definition) is 2. The van der Waals surface area contributed by atoms with Gasteiger partial charge in [-0.15, -0.1) is 0 Å². The summed E-state index contributed by atoms with van der Waals surface area (Å²) in [5.74, 6) is 0.707. The molecule has 4 heteroatoms. The number of nitrogens with two attached hydrogens (primary N) is 1. The van der Waals surface area contributed by atoms with Crippen LogP contribution in [-0.4, -0.2) is 20.2 Å². The van der Waals surface area contributed by atoms with E-state index in [-0.39, 0.29) is 0 Å². The number of hydrogen-bond donors (Lipinski definition) is 1. The highest BCUT2D eigenvalue weighted by Crippen LogP contribution is 2.36. The molecule has 0 radical (unpaired) electrons. The minimum absolute atomic E-state index is 0.496. The summed E-state index contributed by atoms with van der Waals surface area (Å²) in [5, 5.41) is 0. The van der Waals surface area contributed by atoms with Crippen LogP contribution >= 0.6 is 0 Å². The van der Waals surface area contributed by atoms with E-state index in [0.717, 1.165) is 22.4 Å². The van der Waals surface area contributed by atoms with Gasteiger partial charge in [0, 0.05) is 7.05 Å². The van der Waals surface area contributed by atoms with Gasteiger partial charge >= 0.3 is 6.03 Å². The summed E-state index contributed by atoms with van der Waals surface area (Å²) in [4.78, 5) is 12.6. The zero-order chi connectivity index (χ0) is 12.5. The lowest BCUT2D eigenvalue weighted by molar-refractivity contribution is 0.255. The van der Waals surface area contributed by atoms with Crippen molar-refractivity contribution < 1.29 is 9.53 Å². The molecule has 0 spiro atoms. The van der Waals surface area contributed by atoms with Crippen molar-refractivity contribution in [2.75, 3.05) is 19.1 Å². The normalized spacial score (nSPS) is 10.1. The second-order valence-electron chi connectivity index (χ2n) is 3.91. The molecule has 2 N–H and O–H groups in total. The average molecular weight is 222 g/mol. The Morgan fingerprint density at radius 3 is 2.31 bits per heavy atom. The Kier molecular flexibility index (Phi) is 3.42. The van der Waals surface area contributed by atoms with Gasteiger partial charge in [-0.3, -0.25) is 4.90 Å². The molecule has 0 fully saturated rings. The van der Waals surface area contributed by atoms with Gasteiger partial charge in [0.25, 0.3) is 0 Å². The maximum atomic E-state index is 11.2. The molecular weight excluding hydrogens is 204 g/mol. The number of ether oxygens (including phenoxy) is 1. The highest BCUT2D eigenvalue weighted by atomic mass is 16.5. The van der Waals surface area contributed by atoms with E-state index in [0.29, 0.717) is 5.75 Å². The Morgan fingerprint density at radius 1 is 1.31 bits per heavy atom. The molecule has 1 aromatic carbocycles. The third-order valence-corrected chi connectivity index (χ3v) is 2.82. The van der Waals surface area contributed by atoms with Crippen molar-refractivity contribution in [3.8, 4) is 5.75 Å². The van der Waals surface area contributed by atoms with E-state index in [4.69, 9.17) is 10.5 Å². The molecule has 0 aliphatic rings. The molecule has 0 atom stereocenters. The summed E-state index contributed by atoms with van der Waals surface area (Å²) < 4.78 is 5.36. The molecule has 1 aromatic rings. The number of amides is 2. The zero-order valence-electron chi connectivity index (χ0n) is 10.4. The van der Waals surface area contributed by atoms with Gasteiger partial charge in [-0.25, -0.2) is 4.79 Å². The first kappa shape index (κ1) is 12.4. The molecule has 0 aromatic heterocycles. The monoisotopic (exact) mass is 222 g/mol. The van der Waals surface area contributed by atoms with Crippen LogP contribution in [0.25, 0.3) is 0 Å². The van der Waals surface area contributed by atoms with Gasteiger partial charge in [0.05, 0.1) is 12.8 Å². The number of urea groups is 1. The number of carbonyl (C=O) groups is 1. The highest BCUT2D eigenvalue weighted by molar-refractivity contribution is 5.93. The summed E-state index contributed by atoms with van der Waals surface area (Å²) >= 11 is 0. The molecule has 0 bridgehead atoms. The molecule has 4 nitrogen and oxygen atoms in total. The number of carbonyl (C=O) groups excluding carboxylic acids is 1. The maximum Gasteiger partial charge on any atom is 0.319 e.